The van der Waals surface area contributed by atoms with E-state index in [2.05, 4.69) is 55.0 Å². The van der Waals surface area contributed by atoms with Crippen molar-refractivity contribution in [2.24, 2.45) is 0 Å². The molecule has 126 valence electrons. The maximum absolute atomic E-state index is 12.8. The van der Waals surface area contributed by atoms with Crippen molar-refractivity contribution in [1.82, 2.24) is 5.32 Å². The lowest BCUT2D eigenvalue weighted by Crippen LogP contribution is -3.09. The first kappa shape index (κ1) is 17.1. The number of carbonyl (C=O) groups is 1. The van der Waals surface area contributed by atoms with E-state index in [9.17, 15) is 4.79 Å². The van der Waals surface area contributed by atoms with E-state index in [1.165, 1.54) is 15.4 Å². The summed E-state index contributed by atoms with van der Waals surface area (Å²) in [6.45, 7) is 0.826. The van der Waals surface area contributed by atoms with Crippen LogP contribution < -0.4 is 10.2 Å². The van der Waals surface area contributed by atoms with Crippen LogP contribution in [0.25, 0.3) is 0 Å². The van der Waals surface area contributed by atoms with Gasteiger partial charge in [0.05, 0.1) is 7.05 Å². The normalized spacial score (nSPS) is 16.4. The first-order chi connectivity index (χ1) is 11.7. The van der Waals surface area contributed by atoms with Gasteiger partial charge in [0.1, 0.15) is 6.54 Å². The zero-order chi connectivity index (χ0) is 16.9. The number of likely N-dealkylation sites (N-methyl/N-ethyl adjacent to an activating group) is 1. The molecule has 2 N–H and O–H groups in total. The molecule has 0 bridgehead atoms. The standard InChI is InChI=1S/C20H24N2OS/c1-22(14-15-8-12-18(24-2)13-9-15)19(16-6-4-3-5-7-16)20(23)21-17-10-11-17/h3-9,12-13,17,19H,10-11,14H2,1-2H3,(H,21,23)/p+1/t19-/m0/s1. The molecule has 1 aliphatic rings. The van der Waals surface area contributed by atoms with Crippen LogP contribution in [-0.4, -0.2) is 25.3 Å². The molecule has 2 aromatic carbocycles. The molecule has 0 radical (unpaired) electrons. The predicted molar refractivity (Wildman–Crippen MR) is 99.2 cm³/mol. The Labute approximate surface area is 148 Å². The highest BCUT2D eigenvalue weighted by Gasteiger charge is 2.33. The molecule has 0 aliphatic heterocycles. The zero-order valence-corrected chi connectivity index (χ0v) is 15.1. The monoisotopic (exact) mass is 341 g/mol. The molecule has 0 saturated heterocycles. The van der Waals surface area contributed by atoms with Crippen LogP contribution in [0.5, 0.6) is 0 Å². The summed E-state index contributed by atoms with van der Waals surface area (Å²) in [5, 5.41) is 3.17. The summed E-state index contributed by atoms with van der Waals surface area (Å²) < 4.78 is 0. The Hall–Kier alpha value is -1.78. The average molecular weight is 342 g/mol. The molecule has 4 heteroatoms. The molecule has 3 rings (SSSR count). The van der Waals surface area contributed by atoms with Gasteiger partial charge in [0, 0.05) is 22.1 Å². The molecule has 2 aromatic rings. The minimum Gasteiger partial charge on any atom is -0.348 e. The van der Waals surface area contributed by atoms with Gasteiger partial charge in [-0.1, -0.05) is 42.5 Å². The van der Waals surface area contributed by atoms with E-state index in [1.807, 2.05) is 18.2 Å². The lowest BCUT2D eigenvalue weighted by atomic mass is 10.0. The van der Waals surface area contributed by atoms with Crippen molar-refractivity contribution in [3.05, 3.63) is 65.7 Å². The lowest BCUT2D eigenvalue weighted by Gasteiger charge is -2.25. The van der Waals surface area contributed by atoms with E-state index in [0.29, 0.717) is 6.04 Å². The number of hydrogen-bond donors (Lipinski definition) is 2. The largest absolute Gasteiger partial charge is 0.348 e. The van der Waals surface area contributed by atoms with E-state index >= 15 is 0 Å². The quantitative estimate of drug-likeness (QED) is 0.759. The summed E-state index contributed by atoms with van der Waals surface area (Å²) in [5.41, 5.74) is 2.33. The van der Waals surface area contributed by atoms with Crippen LogP contribution in [0.2, 0.25) is 0 Å². The average Bonchev–Trinajstić information content (AvgIpc) is 3.40. The number of hydrogen-bond acceptors (Lipinski definition) is 2. The van der Waals surface area contributed by atoms with Crippen LogP contribution in [0.15, 0.2) is 59.5 Å². The molecule has 1 unspecified atom stereocenters. The summed E-state index contributed by atoms with van der Waals surface area (Å²) in [6.07, 6.45) is 4.31. The van der Waals surface area contributed by atoms with E-state index in [4.69, 9.17) is 0 Å². The second-order valence-corrected chi connectivity index (χ2v) is 7.38. The third kappa shape index (κ3) is 4.40. The smallest absolute Gasteiger partial charge is 0.283 e. The van der Waals surface area contributed by atoms with Crippen molar-refractivity contribution in [2.75, 3.05) is 13.3 Å². The van der Waals surface area contributed by atoms with Crippen LogP contribution >= 0.6 is 11.8 Å². The summed E-state index contributed by atoms with van der Waals surface area (Å²) in [6, 6.07) is 19.0. The Morgan fingerprint density at radius 1 is 1.17 bits per heavy atom. The molecular formula is C20H25N2OS+. The molecule has 1 amide bonds. The highest BCUT2D eigenvalue weighted by atomic mass is 32.2. The zero-order valence-electron chi connectivity index (χ0n) is 14.3. The lowest BCUT2D eigenvalue weighted by molar-refractivity contribution is -0.916. The molecule has 2 atom stereocenters. The molecule has 1 saturated carbocycles. The first-order valence-corrected chi connectivity index (χ1v) is 9.70. The van der Waals surface area contributed by atoms with Crippen molar-refractivity contribution in [1.29, 1.82) is 0 Å². The van der Waals surface area contributed by atoms with Gasteiger partial charge in [-0.25, -0.2) is 0 Å². The Morgan fingerprint density at radius 2 is 1.83 bits per heavy atom. The molecule has 0 spiro atoms. The fourth-order valence-corrected chi connectivity index (χ4v) is 3.39. The molecule has 0 heterocycles. The van der Waals surface area contributed by atoms with Crippen LogP contribution in [0.3, 0.4) is 0 Å². The van der Waals surface area contributed by atoms with Gasteiger partial charge in [-0.05, 0) is 31.2 Å². The Bertz CT molecular complexity index is 668. The van der Waals surface area contributed by atoms with Gasteiger partial charge in [0.2, 0.25) is 0 Å². The Morgan fingerprint density at radius 3 is 2.42 bits per heavy atom. The SMILES string of the molecule is CSc1ccc(C[NH+](C)[C@H](C(=O)NC2CC2)c2ccccc2)cc1. The van der Waals surface area contributed by atoms with Crippen LogP contribution in [0.4, 0.5) is 0 Å². The van der Waals surface area contributed by atoms with E-state index < -0.39 is 0 Å². The van der Waals surface area contributed by atoms with Crippen LogP contribution in [-0.2, 0) is 11.3 Å². The van der Waals surface area contributed by atoms with Gasteiger partial charge in [-0.2, -0.15) is 0 Å². The summed E-state index contributed by atoms with van der Waals surface area (Å²) >= 11 is 1.75. The number of thioether (sulfide) groups is 1. The maximum Gasteiger partial charge on any atom is 0.283 e. The van der Waals surface area contributed by atoms with Crippen molar-refractivity contribution < 1.29 is 9.69 Å². The number of quaternary nitrogens is 1. The minimum atomic E-state index is -0.174. The van der Waals surface area contributed by atoms with Crippen molar-refractivity contribution >= 4 is 17.7 Å². The number of rotatable bonds is 7. The van der Waals surface area contributed by atoms with Crippen molar-refractivity contribution in [2.45, 2.75) is 36.4 Å². The Balaban J connectivity index is 1.76. The number of benzene rings is 2. The van der Waals surface area contributed by atoms with Crippen molar-refractivity contribution in [3.8, 4) is 0 Å². The van der Waals surface area contributed by atoms with Gasteiger partial charge in [-0.3, -0.25) is 4.79 Å². The minimum absolute atomic E-state index is 0.141. The predicted octanol–water partition coefficient (Wildman–Crippen LogP) is 2.44. The summed E-state index contributed by atoms with van der Waals surface area (Å²) in [4.78, 5) is 15.2. The first-order valence-electron chi connectivity index (χ1n) is 8.48. The van der Waals surface area contributed by atoms with Gasteiger partial charge in [-0.15, -0.1) is 11.8 Å². The van der Waals surface area contributed by atoms with Crippen molar-refractivity contribution in [3.63, 3.8) is 0 Å². The second kappa shape index (κ2) is 7.86. The molecule has 3 nitrogen and oxygen atoms in total. The Kier molecular flexibility index (Phi) is 5.59. The number of nitrogens with one attached hydrogen (secondary N) is 2. The molecule has 1 fully saturated rings. The highest BCUT2D eigenvalue weighted by molar-refractivity contribution is 7.98. The van der Waals surface area contributed by atoms with E-state index in [-0.39, 0.29) is 11.9 Å². The third-order valence-corrected chi connectivity index (χ3v) is 5.20. The molecule has 0 aromatic heterocycles. The fourth-order valence-electron chi connectivity index (χ4n) is 2.98. The van der Waals surface area contributed by atoms with Crippen LogP contribution in [0, 0.1) is 0 Å². The second-order valence-electron chi connectivity index (χ2n) is 6.50. The number of amides is 1. The van der Waals surface area contributed by atoms with Gasteiger partial charge in [0.25, 0.3) is 5.91 Å². The maximum atomic E-state index is 12.8. The van der Waals surface area contributed by atoms with Crippen LogP contribution in [0.1, 0.15) is 30.0 Å². The molecule has 24 heavy (non-hydrogen) atoms. The third-order valence-electron chi connectivity index (χ3n) is 4.45. The topological polar surface area (TPSA) is 33.5 Å². The number of carbonyl (C=O) groups excluding carboxylic acids is 1. The summed E-state index contributed by atoms with van der Waals surface area (Å²) in [7, 11) is 2.10. The summed E-state index contributed by atoms with van der Waals surface area (Å²) in [5.74, 6) is 0.141. The van der Waals surface area contributed by atoms with Gasteiger partial charge >= 0.3 is 0 Å². The molecule has 1 aliphatic carbocycles. The molecular weight excluding hydrogens is 316 g/mol. The van der Waals surface area contributed by atoms with Gasteiger partial charge < -0.3 is 10.2 Å². The fraction of sp³-hybridized carbons (Fsp3) is 0.350. The van der Waals surface area contributed by atoms with E-state index in [1.54, 1.807) is 11.8 Å². The van der Waals surface area contributed by atoms with Gasteiger partial charge in [0.15, 0.2) is 6.04 Å². The highest BCUT2D eigenvalue weighted by Crippen LogP contribution is 2.20. The van der Waals surface area contributed by atoms with E-state index in [0.717, 1.165) is 24.9 Å².